The third-order valence-electron chi connectivity index (χ3n) is 2.87. The second-order valence-electron chi connectivity index (χ2n) is 4.07. The third kappa shape index (κ3) is 2.24. The Labute approximate surface area is 104 Å². The Bertz CT molecular complexity index is 549. The topological polar surface area (TPSA) is 46.9 Å². The molecule has 0 saturated heterocycles. The van der Waals surface area contributed by atoms with E-state index in [1.807, 2.05) is 33.9 Å². The van der Waals surface area contributed by atoms with Gasteiger partial charge in [0, 0.05) is 11.9 Å². The van der Waals surface area contributed by atoms with E-state index in [4.69, 9.17) is 0 Å². The Morgan fingerprint density at radius 1 is 1.41 bits per heavy atom. The van der Waals surface area contributed by atoms with Crippen molar-refractivity contribution in [3.05, 3.63) is 33.3 Å². The molecule has 4 nitrogen and oxygen atoms in total. The molecule has 5 heteroatoms. The molecule has 0 radical (unpaired) electrons. The number of carbonyl (C=O) groups is 1. The summed E-state index contributed by atoms with van der Waals surface area (Å²) in [5.41, 5.74) is 2.87. The first-order valence-electron chi connectivity index (χ1n) is 5.36. The molecule has 0 fully saturated rings. The first-order valence-corrected chi connectivity index (χ1v) is 6.17. The van der Waals surface area contributed by atoms with Crippen LogP contribution in [0.2, 0.25) is 0 Å². The third-order valence-corrected chi connectivity index (χ3v) is 4.02. The molecule has 1 amide bonds. The predicted molar refractivity (Wildman–Crippen MR) is 69.7 cm³/mol. The Morgan fingerprint density at radius 3 is 2.59 bits per heavy atom. The molecule has 2 aromatic rings. The standard InChI is InChI=1S/C12H15N3OS/c1-7-5-11(17-9(7)3)12(16)14-10-6-13-15(4)8(10)2/h5-6H,1-4H3,(H,14,16). The lowest BCUT2D eigenvalue weighted by atomic mass is 10.3. The van der Waals surface area contributed by atoms with Gasteiger partial charge in [-0.3, -0.25) is 9.48 Å². The van der Waals surface area contributed by atoms with E-state index < -0.39 is 0 Å². The fraction of sp³-hybridized carbons (Fsp3) is 0.333. The number of anilines is 1. The average molecular weight is 249 g/mol. The Kier molecular flexibility index (Phi) is 3.02. The van der Waals surface area contributed by atoms with Crippen molar-refractivity contribution in [3.8, 4) is 0 Å². The van der Waals surface area contributed by atoms with Crippen molar-refractivity contribution >= 4 is 22.9 Å². The van der Waals surface area contributed by atoms with Crippen molar-refractivity contribution in [1.82, 2.24) is 9.78 Å². The van der Waals surface area contributed by atoms with Crippen LogP contribution in [0.25, 0.3) is 0 Å². The zero-order valence-electron chi connectivity index (χ0n) is 10.4. The van der Waals surface area contributed by atoms with Gasteiger partial charge in [0.15, 0.2) is 0 Å². The quantitative estimate of drug-likeness (QED) is 0.889. The second kappa shape index (κ2) is 4.33. The van der Waals surface area contributed by atoms with E-state index in [0.717, 1.165) is 21.8 Å². The van der Waals surface area contributed by atoms with Gasteiger partial charge in [0.05, 0.1) is 22.5 Å². The molecule has 0 aliphatic rings. The van der Waals surface area contributed by atoms with E-state index in [0.29, 0.717) is 0 Å². The number of rotatable bonds is 2. The molecular weight excluding hydrogens is 234 g/mol. The van der Waals surface area contributed by atoms with Crippen molar-refractivity contribution in [2.75, 3.05) is 5.32 Å². The average Bonchev–Trinajstić information content (AvgIpc) is 2.77. The monoisotopic (exact) mass is 249 g/mol. The second-order valence-corrected chi connectivity index (χ2v) is 5.33. The Hall–Kier alpha value is -1.62. The maximum atomic E-state index is 12.0. The van der Waals surface area contributed by atoms with Crippen LogP contribution in [0.4, 0.5) is 5.69 Å². The summed E-state index contributed by atoms with van der Waals surface area (Å²) in [6.45, 7) is 5.96. The maximum absolute atomic E-state index is 12.0. The SMILES string of the molecule is Cc1cc(C(=O)Nc2cnn(C)c2C)sc1C. The molecule has 0 bridgehead atoms. The van der Waals surface area contributed by atoms with Gasteiger partial charge in [-0.1, -0.05) is 0 Å². The van der Waals surface area contributed by atoms with Gasteiger partial charge in [-0.2, -0.15) is 5.10 Å². The minimum absolute atomic E-state index is 0.0673. The lowest BCUT2D eigenvalue weighted by Gasteiger charge is -2.02. The summed E-state index contributed by atoms with van der Waals surface area (Å²) in [5.74, 6) is -0.0673. The summed E-state index contributed by atoms with van der Waals surface area (Å²) in [6, 6.07) is 1.92. The number of amides is 1. The minimum Gasteiger partial charge on any atom is -0.318 e. The molecule has 2 aromatic heterocycles. The summed E-state index contributed by atoms with van der Waals surface area (Å²) in [6.07, 6.45) is 1.67. The number of aryl methyl sites for hydroxylation is 3. The van der Waals surface area contributed by atoms with E-state index in [1.54, 1.807) is 10.9 Å². The first kappa shape index (κ1) is 11.9. The summed E-state index contributed by atoms with van der Waals surface area (Å²) < 4.78 is 1.74. The fourth-order valence-corrected chi connectivity index (χ4v) is 2.42. The molecule has 17 heavy (non-hydrogen) atoms. The van der Waals surface area contributed by atoms with Gasteiger partial charge < -0.3 is 5.32 Å². The van der Waals surface area contributed by atoms with Crippen molar-refractivity contribution in [3.63, 3.8) is 0 Å². The number of carbonyl (C=O) groups excluding carboxylic acids is 1. The summed E-state index contributed by atoms with van der Waals surface area (Å²) in [7, 11) is 1.85. The van der Waals surface area contributed by atoms with Gasteiger partial charge >= 0.3 is 0 Å². The lowest BCUT2D eigenvalue weighted by Crippen LogP contribution is -2.10. The van der Waals surface area contributed by atoms with Gasteiger partial charge in [-0.05, 0) is 32.4 Å². The maximum Gasteiger partial charge on any atom is 0.265 e. The highest BCUT2D eigenvalue weighted by Crippen LogP contribution is 2.22. The number of nitrogens with one attached hydrogen (secondary N) is 1. The van der Waals surface area contributed by atoms with Crippen molar-refractivity contribution in [2.24, 2.45) is 7.05 Å². The fourth-order valence-electron chi connectivity index (χ4n) is 1.49. The van der Waals surface area contributed by atoms with Crippen molar-refractivity contribution in [1.29, 1.82) is 0 Å². The molecule has 0 unspecified atom stereocenters. The highest BCUT2D eigenvalue weighted by molar-refractivity contribution is 7.14. The van der Waals surface area contributed by atoms with Crippen molar-refractivity contribution < 1.29 is 4.79 Å². The molecule has 90 valence electrons. The number of hydrogen-bond acceptors (Lipinski definition) is 3. The van der Waals surface area contributed by atoms with Crippen LogP contribution in [0, 0.1) is 20.8 Å². The van der Waals surface area contributed by atoms with Crippen LogP contribution in [-0.2, 0) is 7.05 Å². The first-order chi connectivity index (χ1) is 7.99. The minimum atomic E-state index is -0.0673. The smallest absolute Gasteiger partial charge is 0.265 e. The van der Waals surface area contributed by atoms with Crippen LogP contribution in [0.5, 0.6) is 0 Å². The van der Waals surface area contributed by atoms with E-state index in [1.165, 1.54) is 16.2 Å². The predicted octanol–water partition coefficient (Wildman–Crippen LogP) is 2.66. The van der Waals surface area contributed by atoms with Crippen molar-refractivity contribution in [2.45, 2.75) is 20.8 Å². The molecule has 1 N–H and O–H groups in total. The van der Waals surface area contributed by atoms with E-state index in [9.17, 15) is 4.79 Å². The van der Waals surface area contributed by atoms with Crippen LogP contribution in [0.15, 0.2) is 12.3 Å². The number of thiophene rings is 1. The van der Waals surface area contributed by atoms with E-state index in [-0.39, 0.29) is 5.91 Å². The zero-order valence-corrected chi connectivity index (χ0v) is 11.2. The molecular formula is C12H15N3OS. The van der Waals surface area contributed by atoms with Crippen LogP contribution in [-0.4, -0.2) is 15.7 Å². The van der Waals surface area contributed by atoms with Crippen LogP contribution < -0.4 is 5.32 Å². The number of nitrogens with zero attached hydrogens (tertiary/aromatic N) is 2. The normalized spacial score (nSPS) is 10.6. The molecule has 0 atom stereocenters. The van der Waals surface area contributed by atoms with Gasteiger partial charge in [-0.15, -0.1) is 11.3 Å². The van der Waals surface area contributed by atoms with Gasteiger partial charge in [0.1, 0.15) is 0 Å². The molecule has 0 aliphatic carbocycles. The van der Waals surface area contributed by atoms with Gasteiger partial charge in [0.2, 0.25) is 0 Å². The summed E-state index contributed by atoms with van der Waals surface area (Å²) >= 11 is 1.52. The molecule has 0 saturated carbocycles. The van der Waals surface area contributed by atoms with E-state index >= 15 is 0 Å². The largest absolute Gasteiger partial charge is 0.318 e. The molecule has 0 aromatic carbocycles. The summed E-state index contributed by atoms with van der Waals surface area (Å²) in [4.78, 5) is 13.9. The van der Waals surface area contributed by atoms with Crippen LogP contribution in [0.3, 0.4) is 0 Å². The van der Waals surface area contributed by atoms with E-state index in [2.05, 4.69) is 10.4 Å². The zero-order chi connectivity index (χ0) is 12.6. The van der Waals surface area contributed by atoms with Gasteiger partial charge in [0.25, 0.3) is 5.91 Å². The van der Waals surface area contributed by atoms with Gasteiger partial charge in [-0.25, -0.2) is 0 Å². The molecule has 0 spiro atoms. The molecule has 2 heterocycles. The highest BCUT2D eigenvalue weighted by atomic mass is 32.1. The number of hydrogen-bond donors (Lipinski definition) is 1. The molecule has 2 rings (SSSR count). The molecule has 0 aliphatic heterocycles. The lowest BCUT2D eigenvalue weighted by molar-refractivity contribution is 0.103. The number of aromatic nitrogens is 2. The van der Waals surface area contributed by atoms with Crippen LogP contribution >= 0.6 is 11.3 Å². The summed E-state index contributed by atoms with van der Waals surface area (Å²) in [5, 5.41) is 6.97. The Balaban J connectivity index is 2.20. The highest BCUT2D eigenvalue weighted by Gasteiger charge is 2.13. The van der Waals surface area contributed by atoms with Crippen LogP contribution in [0.1, 0.15) is 25.8 Å². The Morgan fingerprint density at radius 2 is 2.12 bits per heavy atom.